The molecule has 5 heteroatoms. The molecule has 0 aliphatic carbocycles. The van der Waals surface area contributed by atoms with Gasteiger partial charge in [-0.2, -0.15) is 5.26 Å². The maximum Gasteiger partial charge on any atom is 0.147 e. The number of hydrogen-bond acceptors (Lipinski definition) is 3. The molecule has 2 rings (SSSR count). The Morgan fingerprint density at radius 3 is 2.71 bits per heavy atom. The highest BCUT2D eigenvalue weighted by atomic mass is 19.1. The molecule has 0 aliphatic heterocycles. The molecule has 108 valence electrons. The zero-order chi connectivity index (χ0) is 15.4. The van der Waals surface area contributed by atoms with Crippen LogP contribution in [0.5, 0.6) is 5.75 Å². The number of ether oxygens (including phenoxy) is 1. The predicted octanol–water partition coefficient (Wildman–Crippen LogP) is 3.44. The molecule has 0 amide bonds. The number of hydrogen-bond donors (Lipinski definition) is 1. The van der Waals surface area contributed by atoms with Crippen LogP contribution in [0.3, 0.4) is 0 Å². The van der Waals surface area contributed by atoms with Gasteiger partial charge in [0.15, 0.2) is 0 Å². The fraction of sp³-hybridized carbons (Fsp3) is 0.188. The molecule has 0 saturated heterocycles. The summed E-state index contributed by atoms with van der Waals surface area (Å²) in [5, 5.41) is 8.78. The summed E-state index contributed by atoms with van der Waals surface area (Å²) < 4.78 is 32.7. The van der Waals surface area contributed by atoms with Gasteiger partial charge in [0.1, 0.15) is 30.1 Å². The molecule has 0 heterocycles. The maximum absolute atomic E-state index is 13.9. The minimum absolute atomic E-state index is 0.0530. The summed E-state index contributed by atoms with van der Waals surface area (Å²) >= 11 is 0. The zero-order valence-corrected chi connectivity index (χ0v) is 11.4. The Morgan fingerprint density at radius 1 is 1.29 bits per heavy atom. The van der Waals surface area contributed by atoms with Crippen LogP contribution in [0.4, 0.5) is 8.78 Å². The fourth-order valence-corrected chi connectivity index (χ4v) is 1.94. The van der Waals surface area contributed by atoms with E-state index in [-0.39, 0.29) is 29.5 Å². The molecule has 0 radical (unpaired) electrons. The van der Waals surface area contributed by atoms with Crippen molar-refractivity contribution in [3.8, 4) is 11.8 Å². The smallest absolute Gasteiger partial charge is 0.147 e. The summed E-state index contributed by atoms with van der Waals surface area (Å²) in [6.07, 6.45) is 0. The topological polar surface area (TPSA) is 59.0 Å². The summed E-state index contributed by atoms with van der Waals surface area (Å²) in [6.45, 7) is 1.64. The minimum Gasteiger partial charge on any atom is -0.488 e. The Bertz CT molecular complexity index is 693. The van der Waals surface area contributed by atoms with Crippen LogP contribution in [-0.4, -0.2) is 0 Å². The summed E-state index contributed by atoms with van der Waals surface area (Å²) in [5.74, 6) is -0.814. The van der Waals surface area contributed by atoms with Gasteiger partial charge in [-0.15, -0.1) is 0 Å². The Balaban J connectivity index is 2.25. The van der Waals surface area contributed by atoms with Crippen molar-refractivity contribution < 1.29 is 13.5 Å². The SMILES string of the molecule is CC(N)c1ccc(F)cc1OCc1cccc(C#N)c1F. The largest absolute Gasteiger partial charge is 0.488 e. The lowest BCUT2D eigenvalue weighted by Crippen LogP contribution is -2.09. The number of rotatable bonds is 4. The molecular formula is C16H14F2N2O. The Hall–Kier alpha value is -2.45. The van der Waals surface area contributed by atoms with Gasteiger partial charge in [0, 0.05) is 23.2 Å². The van der Waals surface area contributed by atoms with Gasteiger partial charge in [0.2, 0.25) is 0 Å². The van der Waals surface area contributed by atoms with E-state index in [0.717, 1.165) is 0 Å². The lowest BCUT2D eigenvalue weighted by molar-refractivity contribution is 0.293. The Morgan fingerprint density at radius 2 is 2.05 bits per heavy atom. The average Bonchev–Trinajstić information content (AvgIpc) is 2.46. The van der Waals surface area contributed by atoms with Crippen molar-refractivity contribution >= 4 is 0 Å². The Labute approximate surface area is 121 Å². The van der Waals surface area contributed by atoms with Crippen LogP contribution in [0.15, 0.2) is 36.4 Å². The average molecular weight is 288 g/mol. The summed E-state index contributed by atoms with van der Waals surface area (Å²) in [5.41, 5.74) is 6.60. The van der Waals surface area contributed by atoms with Crippen LogP contribution in [0.2, 0.25) is 0 Å². The second-order valence-corrected chi connectivity index (χ2v) is 4.65. The first-order chi connectivity index (χ1) is 10.0. The van der Waals surface area contributed by atoms with Gasteiger partial charge in [0.25, 0.3) is 0 Å². The highest BCUT2D eigenvalue weighted by Gasteiger charge is 2.12. The number of nitrogens with two attached hydrogens (primary N) is 1. The second-order valence-electron chi connectivity index (χ2n) is 4.65. The van der Waals surface area contributed by atoms with E-state index >= 15 is 0 Å². The third kappa shape index (κ3) is 3.36. The van der Waals surface area contributed by atoms with E-state index in [1.807, 2.05) is 0 Å². The highest BCUT2D eigenvalue weighted by molar-refractivity contribution is 5.38. The zero-order valence-electron chi connectivity index (χ0n) is 11.4. The molecule has 3 nitrogen and oxygen atoms in total. The number of benzene rings is 2. The van der Waals surface area contributed by atoms with E-state index in [4.69, 9.17) is 15.7 Å². The van der Waals surface area contributed by atoms with E-state index in [1.165, 1.54) is 30.3 Å². The molecule has 1 atom stereocenters. The second kappa shape index (κ2) is 6.33. The molecule has 0 aromatic heterocycles. The molecule has 1 unspecified atom stereocenters. The quantitative estimate of drug-likeness (QED) is 0.937. The van der Waals surface area contributed by atoms with E-state index < -0.39 is 11.6 Å². The van der Waals surface area contributed by atoms with Crippen LogP contribution < -0.4 is 10.5 Å². The number of nitrogens with zero attached hydrogens (tertiary/aromatic N) is 1. The molecule has 0 bridgehead atoms. The van der Waals surface area contributed by atoms with E-state index in [1.54, 1.807) is 19.1 Å². The van der Waals surface area contributed by atoms with Gasteiger partial charge < -0.3 is 10.5 Å². The highest BCUT2D eigenvalue weighted by Crippen LogP contribution is 2.26. The molecule has 2 aromatic carbocycles. The van der Waals surface area contributed by atoms with Crippen molar-refractivity contribution in [2.45, 2.75) is 19.6 Å². The molecule has 21 heavy (non-hydrogen) atoms. The van der Waals surface area contributed by atoms with E-state index in [9.17, 15) is 8.78 Å². The van der Waals surface area contributed by atoms with Gasteiger partial charge in [0.05, 0.1) is 5.56 Å². The van der Waals surface area contributed by atoms with Crippen molar-refractivity contribution in [3.63, 3.8) is 0 Å². The van der Waals surface area contributed by atoms with Crippen LogP contribution in [-0.2, 0) is 6.61 Å². The summed E-state index contributed by atoms with van der Waals surface area (Å²) in [7, 11) is 0. The molecule has 0 fully saturated rings. The lowest BCUT2D eigenvalue weighted by Gasteiger charge is -2.14. The van der Waals surface area contributed by atoms with Gasteiger partial charge in [-0.25, -0.2) is 8.78 Å². The molecule has 2 aromatic rings. The van der Waals surface area contributed by atoms with Crippen LogP contribution in [0.25, 0.3) is 0 Å². The molecule has 0 spiro atoms. The van der Waals surface area contributed by atoms with Gasteiger partial charge in [-0.1, -0.05) is 18.2 Å². The van der Waals surface area contributed by atoms with Crippen LogP contribution in [0.1, 0.15) is 29.7 Å². The van der Waals surface area contributed by atoms with Crippen molar-refractivity contribution in [1.82, 2.24) is 0 Å². The Kier molecular flexibility index (Phi) is 4.51. The number of halogens is 2. The monoisotopic (exact) mass is 288 g/mol. The molecule has 0 aliphatic rings. The third-order valence-corrected chi connectivity index (χ3v) is 3.05. The van der Waals surface area contributed by atoms with Gasteiger partial charge in [-0.05, 0) is 19.1 Å². The van der Waals surface area contributed by atoms with Crippen molar-refractivity contribution in [2.24, 2.45) is 5.73 Å². The normalized spacial score (nSPS) is 11.8. The lowest BCUT2D eigenvalue weighted by atomic mass is 10.1. The van der Waals surface area contributed by atoms with Gasteiger partial charge >= 0.3 is 0 Å². The van der Waals surface area contributed by atoms with E-state index in [2.05, 4.69) is 0 Å². The fourth-order valence-electron chi connectivity index (χ4n) is 1.94. The standard InChI is InChI=1S/C16H14F2N2O/c1-10(20)14-6-5-13(17)7-15(14)21-9-12-4-2-3-11(8-19)16(12)18/h2-7,10H,9,20H2,1H3. The van der Waals surface area contributed by atoms with E-state index in [0.29, 0.717) is 5.56 Å². The van der Waals surface area contributed by atoms with Gasteiger partial charge in [-0.3, -0.25) is 0 Å². The van der Waals surface area contributed by atoms with Crippen molar-refractivity contribution in [1.29, 1.82) is 5.26 Å². The molecular weight excluding hydrogens is 274 g/mol. The third-order valence-electron chi connectivity index (χ3n) is 3.05. The number of nitriles is 1. The summed E-state index contributed by atoms with van der Waals surface area (Å²) in [6, 6.07) is 9.94. The van der Waals surface area contributed by atoms with Crippen LogP contribution in [0, 0.1) is 23.0 Å². The summed E-state index contributed by atoms with van der Waals surface area (Å²) in [4.78, 5) is 0. The van der Waals surface area contributed by atoms with Crippen molar-refractivity contribution in [3.05, 3.63) is 64.7 Å². The first-order valence-electron chi connectivity index (χ1n) is 6.38. The molecule has 2 N–H and O–H groups in total. The first-order valence-corrected chi connectivity index (χ1v) is 6.38. The maximum atomic E-state index is 13.9. The molecule has 0 saturated carbocycles. The predicted molar refractivity (Wildman–Crippen MR) is 74.4 cm³/mol. The first kappa shape index (κ1) is 14.9. The van der Waals surface area contributed by atoms with Crippen LogP contribution >= 0.6 is 0 Å². The van der Waals surface area contributed by atoms with Crippen molar-refractivity contribution in [2.75, 3.05) is 0 Å². The minimum atomic E-state index is -0.626.